The second kappa shape index (κ2) is 9.29. The van der Waals surface area contributed by atoms with E-state index in [9.17, 15) is 4.79 Å². The lowest BCUT2D eigenvalue weighted by molar-refractivity contribution is -0.118. The predicted octanol–water partition coefficient (Wildman–Crippen LogP) is 4.83. The molecule has 5 aromatic rings. The van der Waals surface area contributed by atoms with Crippen molar-refractivity contribution in [2.75, 3.05) is 11.9 Å². The Hall–Kier alpha value is -4.30. The van der Waals surface area contributed by atoms with Crippen molar-refractivity contribution in [3.8, 4) is 28.4 Å². The van der Waals surface area contributed by atoms with Crippen LogP contribution in [0, 0.1) is 6.92 Å². The highest BCUT2D eigenvalue weighted by Crippen LogP contribution is 2.24. The van der Waals surface area contributed by atoms with Gasteiger partial charge in [-0.1, -0.05) is 23.7 Å². The number of ether oxygens (including phenoxy) is 1. The molecular formula is C25H19ClN6O2. The van der Waals surface area contributed by atoms with Crippen LogP contribution in [-0.4, -0.2) is 37.3 Å². The Kier molecular flexibility index (Phi) is 5.88. The van der Waals surface area contributed by atoms with Crippen LogP contribution in [0.3, 0.4) is 0 Å². The Morgan fingerprint density at radius 2 is 1.91 bits per heavy atom. The fourth-order valence-electron chi connectivity index (χ4n) is 3.43. The van der Waals surface area contributed by atoms with Crippen LogP contribution in [0.15, 0.2) is 79.1 Å². The monoisotopic (exact) mass is 470 g/mol. The van der Waals surface area contributed by atoms with Gasteiger partial charge in [-0.05, 0) is 67.1 Å². The number of aryl methyl sites for hydroxylation is 1. The number of carbonyl (C=O) groups is 1. The van der Waals surface area contributed by atoms with Crippen LogP contribution in [0.1, 0.15) is 5.56 Å². The van der Waals surface area contributed by atoms with Crippen molar-refractivity contribution < 1.29 is 9.53 Å². The van der Waals surface area contributed by atoms with E-state index in [0.29, 0.717) is 33.6 Å². The number of halogens is 1. The summed E-state index contributed by atoms with van der Waals surface area (Å²) in [5, 5.41) is 16.7. The number of rotatable bonds is 6. The summed E-state index contributed by atoms with van der Waals surface area (Å²) in [6.07, 6.45) is 3.42. The van der Waals surface area contributed by atoms with E-state index in [0.717, 1.165) is 16.7 Å². The summed E-state index contributed by atoms with van der Waals surface area (Å²) in [7, 11) is 0. The van der Waals surface area contributed by atoms with Crippen LogP contribution < -0.4 is 10.1 Å². The molecule has 0 aliphatic heterocycles. The van der Waals surface area contributed by atoms with E-state index in [4.69, 9.17) is 21.4 Å². The van der Waals surface area contributed by atoms with E-state index < -0.39 is 0 Å². The molecule has 8 nitrogen and oxygen atoms in total. The van der Waals surface area contributed by atoms with Gasteiger partial charge in [0.05, 0.1) is 5.69 Å². The quantitative estimate of drug-likeness (QED) is 0.382. The van der Waals surface area contributed by atoms with Crippen molar-refractivity contribution in [3.05, 3.63) is 89.7 Å². The Morgan fingerprint density at radius 3 is 2.74 bits per heavy atom. The van der Waals surface area contributed by atoms with Gasteiger partial charge in [-0.25, -0.2) is 0 Å². The zero-order valence-corrected chi connectivity index (χ0v) is 18.9. The maximum absolute atomic E-state index is 12.4. The molecule has 168 valence electrons. The first kappa shape index (κ1) is 21.5. The summed E-state index contributed by atoms with van der Waals surface area (Å²) in [5.41, 5.74) is 4.51. The Labute approximate surface area is 200 Å². The number of amides is 1. The van der Waals surface area contributed by atoms with Crippen molar-refractivity contribution in [3.63, 3.8) is 0 Å². The van der Waals surface area contributed by atoms with Crippen molar-refractivity contribution in [2.24, 2.45) is 0 Å². The number of hydrogen-bond acceptors (Lipinski definition) is 6. The molecule has 0 fully saturated rings. The highest BCUT2D eigenvalue weighted by Gasteiger charge is 2.12. The smallest absolute Gasteiger partial charge is 0.262 e. The summed E-state index contributed by atoms with van der Waals surface area (Å²) in [6, 6.07) is 20.2. The molecule has 5 rings (SSSR count). The molecule has 0 aliphatic carbocycles. The number of nitrogens with one attached hydrogen (secondary N) is 1. The van der Waals surface area contributed by atoms with E-state index >= 15 is 0 Å². The minimum Gasteiger partial charge on any atom is -0.484 e. The van der Waals surface area contributed by atoms with Crippen molar-refractivity contribution in [1.82, 2.24) is 24.8 Å². The Balaban J connectivity index is 1.33. The number of pyridine rings is 1. The summed E-state index contributed by atoms with van der Waals surface area (Å²) in [6.45, 7) is 1.76. The van der Waals surface area contributed by atoms with Crippen LogP contribution >= 0.6 is 11.6 Å². The van der Waals surface area contributed by atoms with Gasteiger partial charge in [-0.15, -0.1) is 10.2 Å². The third kappa shape index (κ3) is 4.57. The summed E-state index contributed by atoms with van der Waals surface area (Å²) < 4.78 is 7.26. The third-order valence-electron chi connectivity index (χ3n) is 5.12. The number of anilines is 1. The second-order valence-electron chi connectivity index (χ2n) is 7.58. The van der Waals surface area contributed by atoms with Crippen LogP contribution in [-0.2, 0) is 4.79 Å². The average molecular weight is 471 g/mol. The molecular weight excluding hydrogens is 452 g/mol. The minimum atomic E-state index is -0.272. The van der Waals surface area contributed by atoms with Gasteiger partial charge in [-0.3, -0.25) is 9.78 Å². The number of benzene rings is 2. The van der Waals surface area contributed by atoms with E-state index in [1.54, 1.807) is 35.1 Å². The first-order valence-corrected chi connectivity index (χ1v) is 10.9. The second-order valence-corrected chi connectivity index (χ2v) is 7.99. The largest absolute Gasteiger partial charge is 0.484 e. The first-order valence-electron chi connectivity index (χ1n) is 10.5. The van der Waals surface area contributed by atoms with Crippen molar-refractivity contribution >= 4 is 28.8 Å². The Morgan fingerprint density at radius 1 is 1.03 bits per heavy atom. The van der Waals surface area contributed by atoms with Gasteiger partial charge in [0.1, 0.15) is 5.75 Å². The van der Waals surface area contributed by atoms with Gasteiger partial charge in [0, 0.05) is 34.2 Å². The number of nitrogens with zero attached hydrogens (tertiary/aromatic N) is 5. The molecule has 0 aliphatic rings. The highest BCUT2D eigenvalue weighted by atomic mass is 35.5. The maximum atomic E-state index is 12.4. The predicted molar refractivity (Wildman–Crippen MR) is 130 cm³/mol. The van der Waals surface area contributed by atoms with Crippen LogP contribution in [0.5, 0.6) is 5.75 Å². The lowest BCUT2D eigenvalue weighted by atomic mass is 10.1. The molecule has 34 heavy (non-hydrogen) atoms. The van der Waals surface area contributed by atoms with Gasteiger partial charge in [0.2, 0.25) is 0 Å². The number of aromatic nitrogens is 5. The molecule has 3 aromatic heterocycles. The van der Waals surface area contributed by atoms with Gasteiger partial charge >= 0.3 is 0 Å². The van der Waals surface area contributed by atoms with Gasteiger partial charge in [0.25, 0.3) is 5.91 Å². The lowest BCUT2D eigenvalue weighted by Gasteiger charge is -2.10. The molecule has 1 N–H and O–H groups in total. The molecule has 9 heteroatoms. The number of fused-ring (bicyclic) bond motifs is 1. The van der Waals surface area contributed by atoms with Crippen LogP contribution in [0.2, 0.25) is 5.02 Å². The van der Waals surface area contributed by atoms with Gasteiger partial charge in [-0.2, -0.15) is 9.61 Å². The molecule has 0 saturated carbocycles. The molecule has 0 atom stereocenters. The lowest BCUT2D eigenvalue weighted by Crippen LogP contribution is -2.20. The molecule has 0 bridgehead atoms. The number of hydrogen-bond donors (Lipinski definition) is 1. The summed E-state index contributed by atoms with van der Waals surface area (Å²) >= 11 is 6.03. The average Bonchev–Trinajstić information content (AvgIpc) is 3.29. The van der Waals surface area contributed by atoms with E-state index in [2.05, 4.69) is 20.5 Å². The van der Waals surface area contributed by atoms with Gasteiger partial charge in [0.15, 0.2) is 18.1 Å². The molecule has 2 aromatic carbocycles. The van der Waals surface area contributed by atoms with Crippen molar-refractivity contribution in [2.45, 2.75) is 6.92 Å². The summed E-state index contributed by atoms with van der Waals surface area (Å²) in [4.78, 5) is 16.6. The van der Waals surface area contributed by atoms with E-state index in [-0.39, 0.29) is 12.5 Å². The third-order valence-corrected chi connectivity index (χ3v) is 5.55. The maximum Gasteiger partial charge on any atom is 0.262 e. The molecule has 3 heterocycles. The van der Waals surface area contributed by atoms with E-state index in [1.165, 1.54) is 0 Å². The highest BCUT2D eigenvalue weighted by molar-refractivity contribution is 6.31. The standard InChI is InChI=1S/C25H19ClN6O2/c1-16-12-20(7-8-21(16)26)34-15-24(33)28-19-6-2-4-17(13-19)22-9-10-23-29-30-25(32(23)31-22)18-5-3-11-27-14-18/h2-14H,15H2,1H3,(H,28,33). The molecule has 0 saturated heterocycles. The molecule has 0 unspecified atom stereocenters. The molecule has 0 spiro atoms. The zero-order chi connectivity index (χ0) is 23.5. The SMILES string of the molecule is Cc1cc(OCC(=O)Nc2cccc(-c3ccc4nnc(-c5cccnc5)n4n3)c2)ccc1Cl. The van der Waals surface area contributed by atoms with E-state index in [1.807, 2.05) is 55.5 Å². The Bertz CT molecular complexity index is 1490. The van der Waals surface area contributed by atoms with Crippen molar-refractivity contribution in [1.29, 1.82) is 0 Å². The molecule has 1 amide bonds. The fourth-order valence-corrected chi connectivity index (χ4v) is 3.54. The topological polar surface area (TPSA) is 94.3 Å². The molecule has 0 radical (unpaired) electrons. The van der Waals surface area contributed by atoms with Crippen LogP contribution in [0.25, 0.3) is 28.3 Å². The fraction of sp³-hybridized carbons (Fsp3) is 0.0800. The number of carbonyl (C=O) groups excluding carboxylic acids is 1. The minimum absolute atomic E-state index is 0.120. The first-order chi connectivity index (χ1) is 16.6. The zero-order valence-electron chi connectivity index (χ0n) is 18.1. The summed E-state index contributed by atoms with van der Waals surface area (Å²) in [5.74, 6) is 0.913. The normalized spacial score (nSPS) is 10.9. The van der Waals surface area contributed by atoms with Gasteiger partial charge < -0.3 is 10.1 Å². The van der Waals surface area contributed by atoms with Crippen LogP contribution in [0.4, 0.5) is 5.69 Å².